The Hall–Kier alpha value is -1.63. The van der Waals surface area contributed by atoms with Crippen LogP contribution in [0, 0.1) is 12.8 Å². The standard InChI is InChI=1S/C16H26N4O2S/c1-11-10-23-13(19-11)8-18-15(17-5)20-7-6-12(9-20)14(21)22-16(2,3)4/h10,12H,6-9H2,1-5H3,(H,17,18). The molecule has 0 saturated carbocycles. The molecule has 1 unspecified atom stereocenters. The molecule has 7 heteroatoms. The molecule has 2 heterocycles. The Kier molecular flexibility index (Phi) is 5.62. The largest absolute Gasteiger partial charge is 0.460 e. The highest BCUT2D eigenvalue weighted by molar-refractivity contribution is 7.09. The van der Waals surface area contributed by atoms with Crippen LogP contribution < -0.4 is 5.32 Å². The molecule has 128 valence electrons. The Bertz CT molecular complexity index is 577. The molecule has 0 radical (unpaired) electrons. The van der Waals surface area contributed by atoms with Crippen molar-refractivity contribution >= 4 is 23.3 Å². The molecule has 1 fully saturated rings. The van der Waals surface area contributed by atoms with Gasteiger partial charge < -0.3 is 15.0 Å². The minimum Gasteiger partial charge on any atom is -0.460 e. The van der Waals surface area contributed by atoms with E-state index < -0.39 is 5.60 Å². The SMILES string of the molecule is CN=C(NCc1nc(C)cs1)N1CCC(C(=O)OC(C)(C)C)C1. The predicted octanol–water partition coefficient (Wildman–Crippen LogP) is 2.19. The van der Waals surface area contributed by atoms with E-state index in [1.165, 1.54) is 0 Å². The highest BCUT2D eigenvalue weighted by Crippen LogP contribution is 2.21. The van der Waals surface area contributed by atoms with Gasteiger partial charge in [0.2, 0.25) is 0 Å². The first-order valence-electron chi connectivity index (χ1n) is 7.88. The predicted molar refractivity (Wildman–Crippen MR) is 92.6 cm³/mol. The molecule has 1 aliphatic rings. The molecule has 2 rings (SSSR count). The van der Waals surface area contributed by atoms with Crippen LogP contribution in [0.3, 0.4) is 0 Å². The zero-order valence-electron chi connectivity index (χ0n) is 14.5. The second-order valence-corrected chi connectivity index (χ2v) is 7.69. The summed E-state index contributed by atoms with van der Waals surface area (Å²) in [5, 5.41) is 6.39. The zero-order valence-corrected chi connectivity index (χ0v) is 15.4. The molecular weight excluding hydrogens is 312 g/mol. The Morgan fingerprint density at radius 2 is 2.30 bits per heavy atom. The number of esters is 1. The molecule has 0 bridgehead atoms. The van der Waals surface area contributed by atoms with E-state index in [0.29, 0.717) is 13.1 Å². The molecule has 1 saturated heterocycles. The summed E-state index contributed by atoms with van der Waals surface area (Å²) in [6.07, 6.45) is 0.798. The number of aliphatic imine (C=N–C) groups is 1. The Morgan fingerprint density at radius 1 is 1.57 bits per heavy atom. The van der Waals surface area contributed by atoms with Crippen molar-refractivity contribution in [2.24, 2.45) is 10.9 Å². The van der Waals surface area contributed by atoms with Gasteiger partial charge in [0, 0.05) is 31.2 Å². The fourth-order valence-electron chi connectivity index (χ4n) is 2.50. The van der Waals surface area contributed by atoms with Gasteiger partial charge in [-0.25, -0.2) is 4.98 Å². The number of aryl methyl sites for hydroxylation is 1. The smallest absolute Gasteiger partial charge is 0.311 e. The van der Waals surface area contributed by atoms with E-state index in [9.17, 15) is 4.79 Å². The molecule has 23 heavy (non-hydrogen) atoms. The maximum atomic E-state index is 12.2. The van der Waals surface area contributed by atoms with Gasteiger partial charge in [-0.2, -0.15) is 0 Å². The quantitative estimate of drug-likeness (QED) is 0.520. The monoisotopic (exact) mass is 338 g/mol. The van der Waals surface area contributed by atoms with Gasteiger partial charge in [-0.05, 0) is 34.1 Å². The third kappa shape index (κ3) is 5.20. The maximum absolute atomic E-state index is 12.2. The summed E-state index contributed by atoms with van der Waals surface area (Å²) in [6.45, 7) is 9.78. The van der Waals surface area contributed by atoms with E-state index in [4.69, 9.17) is 4.74 Å². The average Bonchev–Trinajstić information content (AvgIpc) is 3.07. The number of carbonyl (C=O) groups is 1. The van der Waals surface area contributed by atoms with E-state index in [0.717, 1.165) is 29.6 Å². The van der Waals surface area contributed by atoms with E-state index in [1.807, 2.05) is 33.1 Å². The lowest BCUT2D eigenvalue weighted by molar-refractivity contribution is -0.159. The van der Waals surface area contributed by atoms with E-state index in [-0.39, 0.29) is 11.9 Å². The molecule has 0 aliphatic carbocycles. The lowest BCUT2D eigenvalue weighted by Crippen LogP contribution is -2.40. The molecule has 0 spiro atoms. The normalized spacial score (nSPS) is 19.1. The number of rotatable bonds is 3. The molecule has 6 nitrogen and oxygen atoms in total. The zero-order chi connectivity index (χ0) is 17.0. The van der Waals surface area contributed by atoms with Gasteiger partial charge in [0.1, 0.15) is 10.6 Å². The fraction of sp³-hybridized carbons (Fsp3) is 0.688. The third-order valence-electron chi connectivity index (χ3n) is 3.50. The highest BCUT2D eigenvalue weighted by atomic mass is 32.1. The van der Waals surface area contributed by atoms with Crippen molar-refractivity contribution < 1.29 is 9.53 Å². The van der Waals surface area contributed by atoms with Crippen LogP contribution in [0.4, 0.5) is 0 Å². The number of thiazole rings is 1. The van der Waals surface area contributed by atoms with Crippen LogP contribution in [-0.4, -0.2) is 47.6 Å². The first kappa shape index (κ1) is 17.7. The average molecular weight is 338 g/mol. The van der Waals surface area contributed by atoms with Crippen LogP contribution in [0.15, 0.2) is 10.4 Å². The van der Waals surface area contributed by atoms with E-state index in [2.05, 4.69) is 20.2 Å². The molecular formula is C16H26N4O2S. The number of carbonyl (C=O) groups excluding carboxylic acids is 1. The number of ether oxygens (including phenoxy) is 1. The number of nitrogens with one attached hydrogen (secondary N) is 1. The van der Waals surface area contributed by atoms with Crippen molar-refractivity contribution in [2.45, 2.75) is 46.3 Å². The van der Waals surface area contributed by atoms with Gasteiger partial charge >= 0.3 is 5.97 Å². The maximum Gasteiger partial charge on any atom is 0.311 e. The molecule has 0 amide bonds. The summed E-state index contributed by atoms with van der Waals surface area (Å²) in [6, 6.07) is 0. The van der Waals surface area contributed by atoms with Crippen LogP contribution in [0.25, 0.3) is 0 Å². The molecule has 1 atom stereocenters. The molecule has 1 aromatic rings. The van der Waals surface area contributed by atoms with Crippen molar-refractivity contribution in [3.05, 3.63) is 16.1 Å². The van der Waals surface area contributed by atoms with Gasteiger partial charge in [-0.1, -0.05) is 0 Å². The Balaban J connectivity index is 1.87. The third-order valence-corrected chi connectivity index (χ3v) is 4.47. The van der Waals surface area contributed by atoms with Gasteiger partial charge in [0.15, 0.2) is 5.96 Å². The molecule has 1 aromatic heterocycles. The number of nitrogens with zero attached hydrogens (tertiary/aromatic N) is 3. The van der Waals surface area contributed by atoms with Gasteiger partial charge in [0.05, 0.1) is 12.5 Å². The topological polar surface area (TPSA) is 66.8 Å². The number of aromatic nitrogens is 1. The molecule has 1 N–H and O–H groups in total. The second-order valence-electron chi connectivity index (χ2n) is 6.75. The van der Waals surface area contributed by atoms with Crippen molar-refractivity contribution in [1.29, 1.82) is 0 Å². The summed E-state index contributed by atoms with van der Waals surface area (Å²) in [7, 11) is 1.76. The number of likely N-dealkylation sites (tertiary alicyclic amines) is 1. The number of hydrogen-bond donors (Lipinski definition) is 1. The summed E-state index contributed by atoms with van der Waals surface area (Å²) in [5.41, 5.74) is 0.598. The Labute approximate surface area is 142 Å². The number of guanidine groups is 1. The lowest BCUT2D eigenvalue weighted by Gasteiger charge is -2.23. The molecule has 1 aliphatic heterocycles. The van der Waals surface area contributed by atoms with Crippen molar-refractivity contribution in [1.82, 2.24) is 15.2 Å². The minimum absolute atomic E-state index is 0.0881. The summed E-state index contributed by atoms with van der Waals surface area (Å²) in [5.74, 6) is 0.602. The van der Waals surface area contributed by atoms with Gasteiger partial charge in [-0.3, -0.25) is 9.79 Å². The summed E-state index contributed by atoms with van der Waals surface area (Å²) in [4.78, 5) is 23.0. The summed E-state index contributed by atoms with van der Waals surface area (Å²) >= 11 is 1.64. The number of hydrogen-bond acceptors (Lipinski definition) is 5. The van der Waals surface area contributed by atoms with Crippen LogP contribution in [-0.2, 0) is 16.1 Å². The fourth-order valence-corrected chi connectivity index (χ4v) is 3.21. The van der Waals surface area contributed by atoms with Crippen LogP contribution in [0.1, 0.15) is 37.9 Å². The Morgan fingerprint density at radius 3 is 2.87 bits per heavy atom. The first-order valence-corrected chi connectivity index (χ1v) is 8.76. The minimum atomic E-state index is -0.437. The molecule has 0 aromatic carbocycles. The van der Waals surface area contributed by atoms with Crippen LogP contribution in [0.5, 0.6) is 0 Å². The van der Waals surface area contributed by atoms with Crippen molar-refractivity contribution in [2.75, 3.05) is 20.1 Å². The van der Waals surface area contributed by atoms with Crippen LogP contribution >= 0.6 is 11.3 Å². The highest BCUT2D eigenvalue weighted by Gasteiger charge is 2.33. The van der Waals surface area contributed by atoms with Gasteiger partial charge in [0.25, 0.3) is 0 Å². The lowest BCUT2D eigenvalue weighted by atomic mass is 10.1. The second kappa shape index (κ2) is 7.29. The van der Waals surface area contributed by atoms with Crippen molar-refractivity contribution in [3.63, 3.8) is 0 Å². The van der Waals surface area contributed by atoms with Crippen molar-refractivity contribution in [3.8, 4) is 0 Å². The van der Waals surface area contributed by atoms with E-state index in [1.54, 1.807) is 18.4 Å². The van der Waals surface area contributed by atoms with Crippen LogP contribution in [0.2, 0.25) is 0 Å². The van der Waals surface area contributed by atoms with Gasteiger partial charge in [-0.15, -0.1) is 11.3 Å². The first-order chi connectivity index (χ1) is 10.8. The summed E-state index contributed by atoms with van der Waals surface area (Å²) < 4.78 is 5.48. The van der Waals surface area contributed by atoms with E-state index >= 15 is 0 Å².